The van der Waals surface area contributed by atoms with E-state index in [1.807, 2.05) is 6.07 Å². The lowest BCUT2D eigenvalue weighted by molar-refractivity contribution is 0.143. The third kappa shape index (κ3) is 5.54. The maximum Gasteiger partial charge on any atom is 0.193 e. The van der Waals surface area contributed by atoms with Gasteiger partial charge in [-0.15, -0.1) is 0 Å². The van der Waals surface area contributed by atoms with Gasteiger partial charge in [0.15, 0.2) is 5.96 Å². The normalized spacial score (nSPS) is 20.3. The van der Waals surface area contributed by atoms with Crippen molar-refractivity contribution in [3.63, 3.8) is 0 Å². The summed E-state index contributed by atoms with van der Waals surface area (Å²) in [7, 11) is 0. The summed E-state index contributed by atoms with van der Waals surface area (Å²) in [6, 6.07) is 9.01. The number of guanidine groups is 1. The Morgan fingerprint density at radius 2 is 2.13 bits per heavy atom. The molecule has 1 aromatic rings. The molecule has 0 radical (unpaired) electrons. The molecule has 3 N–H and O–H groups in total. The van der Waals surface area contributed by atoms with Crippen molar-refractivity contribution in [1.29, 1.82) is 0 Å². The van der Waals surface area contributed by atoms with Crippen LogP contribution in [0.2, 0.25) is 0 Å². The van der Waals surface area contributed by atoms with Crippen LogP contribution in [0.25, 0.3) is 0 Å². The number of hydrogen-bond donors (Lipinski definition) is 2. The Morgan fingerprint density at radius 1 is 1.35 bits per heavy atom. The molecule has 4 heteroatoms. The molecule has 1 aliphatic rings. The van der Waals surface area contributed by atoms with E-state index in [1.54, 1.807) is 0 Å². The predicted octanol–water partition coefficient (Wildman–Crippen LogP) is 3.66. The SMILES string of the molecule is CC(C)c1cccc(NC(N)=NCC2CCCN(C(C)C)C2)c1. The van der Waals surface area contributed by atoms with Crippen LogP contribution in [0.5, 0.6) is 0 Å². The minimum Gasteiger partial charge on any atom is -0.370 e. The van der Waals surface area contributed by atoms with Crippen LogP contribution in [0.1, 0.15) is 52.0 Å². The molecule has 1 aliphatic heterocycles. The molecule has 0 spiro atoms. The molecule has 0 aliphatic carbocycles. The lowest BCUT2D eigenvalue weighted by Gasteiger charge is -2.34. The molecule has 1 fully saturated rings. The molecule has 1 heterocycles. The van der Waals surface area contributed by atoms with E-state index in [4.69, 9.17) is 5.73 Å². The number of nitrogens with one attached hydrogen (secondary N) is 1. The molecule has 0 bridgehead atoms. The molecule has 0 amide bonds. The number of rotatable bonds is 5. The number of nitrogens with two attached hydrogens (primary N) is 1. The van der Waals surface area contributed by atoms with E-state index < -0.39 is 0 Å². The monoisotopic (exact) mass is 316 g/mol. The van der Waals surface area contributed by atoms with Gasteiger partial charge in [0.1, 0.15) is 0 Å². The summed E-state index contributed by atoms with van der Waals surface area (Å²) in [5.74, 6) is 1.65. The van der Waals surface area contributed by atoms with Gasteiger partial charge in [0.05, 0.1) is 0 Å². The van der Waals surface area contributed by atoms with Crippen LogP contribution >= 0.6 is 0 Å². The number of likely N-dealkylation sites (tertiary alicyclic amines) is 1. The van der Waals surface area contributed by atoms with E-state index in [1.165, 1.54) is 24.9 Å². The van der Waals surface area contributed by atoms with Crippen molar-refractivity contribution in [2.75, 3.05) is 25.0 Å². The average molecular weight is 316 g/mol. The molecule has 1 aromatic carbocycles. The van der Waals surface area contributed by atoms with Gasteiger partial charge in [-0.2, -0.15) is 0 Å². The molecular weight excluding hydrogens is 284 g/mol. The summed E-state index contributed by atoms with van der Waals surface area (Å²) in [5.41, 5.74) is 8.40. The zero-order valence-corrected chi connectivity index (χ0v) is 15.0. The highest BCUT2D eigenvalue weighted by atomic mass is 15.2. The summed E-state index contributed by atoms with van der Waals surface area (Å²) < 4.78 is 0. The number of nitrogens with zero attached hydrogens (tertiary/aromatic N) is 2. The van der Waals surface area contributed by atoms with E-state index in [2.05, 4.69) is 61.1 Å². The van der Waals surface area contributed by atoms with Crippen molar-refractivity contribution in [1.82, 2.24) is 4.90 Å². The van der Waals surface area contributed by atoms with Crippen molar-refractivity contribution in [3.8, 4) is 0 Å². The third-order valence-electron chi connectivity index (χ3n) is 4.63. The Hall–Kier alpha value is -1.55. The van der Waals surface area contributed by atoms with Gasteiger partial charge < -0.3 is 16.0 Å². The molecule has 23 heavy (non-hydrogen) atoms. The van der Waals surface area contributed by atoms with E-state index in [-0.39, 0.29) is 0 Å². The van der Waals surface area contributed by atoms with Crippen molar-refractivity contribution in [3.05, 3.63) is 29.8 Å². The van der Waals surface area contributed by atoms with Crippen molar-refractivity contribution in [2.24, 2.45) is 16.6 Å². The van der Waals surface area contributed by atoms with Crippen LogP contribution < -0.4 is 11.1 Å². The molecule has 1 atom stereocenters. The van der Waals surface area contributed by atoms with Crippen LogP contribution in [-0.4, -0.2) is 36.5 Å². The highest BCUT2D eigenvalue weighted by Crippen LogP contribution is 2.20. The van der Waals surface area contributed by atoms with Crippen molar-refractivity contribution >= 4 is 11.6 Å². The largest absolute Gasteiger partial charge is 0.370 e. The Kier molecular flexibility index (Phi) is 6.46. The smallest absolute Gasteiger partial charge is 0.193 e. The first-order chi connectivity index (χ1) is 11.0. The molecule has 128 valence electrons. The number of benzene rings is 1. The molecule has 4 nitrogen and oxygen atoms in total. The van der Waals surface area contributed by atoms with Crippen LogP contribution in [0.4, 0.5) is 5.69 Å². The lowest BCUT2D eigenvalue weighted by atomic mass is 9.97. The number of anilines is 1. The fourth-order valence-corrected chi connectivity index (χ4v) is 3.11. The molecule has 1 unspecified atom stereocenters. The molecule has 0 saturated carbocycles. The summed E-state index contributed by atoms with van der Waals surface area (Å²) in [6.45, 7) is 12.1. The Morgan fingerprint density at radius 3 is 2.83 bits per heavy atom. The van der Waals surface area contributed by atoms with E-state index >= 15 is 0 Å². The third-order valence-corrected chi connectivity index (χ3v) is 4.63. The quantitative estimate of drug-likeness (QED) is 0.644. The van der Waals surface area contributed by atoms with E-state index in [0.717, 1.165) is 18.8 Å². The summed E-state index contributed by atoms with van der Waals surface area (Å²) in [6.07, 6.45) is 2.52. The number of piperidine rings is 1. The standard InChI is InChI=1S/C19H32N4/c1-14(2)17-8-5-9-18(11-17)22-19(20)21-12-16-7-6-10-23(13-16)15(3)4/h5,8-9,11,14-16H,6-7,10,12-13H2,1-4H3,(H3,20,21,22). The summed E-state index contributed by atoms with van der Waals surface area (Å²) in [4.78, 5) is 7.11. The second-order valence-corrected chi connectivity index (χ2v) is 7.23. The first kappa shape index (κ1) is 17.8. The fraction of sp³-hybridized carbons (Fsp3) is 0.632. The predicted molar refractivity (Wildman–Crippen MR) is 100 cm³/mol. The zero-order chi connectivity index (χ0) is 16.8. The van der Waals surface area contributed by atoms with Crippen molar-refractivity contribution in [2.45, 2.75) is 52.5 Å². The van der Waals surface area contributed by atoms with Gasteiger partial charge in [0, 0.05) is 24.8 Å². The lowest BCUT2D eigenvalue weighted by Crippen LogP contribution is -2.41. The molecule has 0 aromatic heterocycles. The minimum atomic E-state index is 0.513. The highest BCUT2D eigenvalue weighted by Gasteiger charge is 2.21. The Labute approximate surface area is 141 Å². The topological polar surface area (TPSA) is 53.6 Å². The second kappa shape index (κ2) is 8.34. The Balaban J connectivity index is 1.89. The van der Waals surface area contributed by atoms with Crippen LogP contribution in [0, 0.1) is 5.92 Å². The van der Waals surface area contributed by atoms with Gasteiger partial charge in [-0.05, 0) is 62.8 Å². The zero-order valence-electron chi connectivity index (χ0n) is 15.0. The van der Waals surface area contributed by atoms with Gasteiger partial charge in [-0.25, -0.2) is 0 Å². The fourth-order valence-electron chi connectivity index (χ4n) is 3.11. The summed E-state index contributed by atoms with van der Waals surface area (Å²) in [5, 5.41) is 3.22. The Bertz CT molecular complexity index is 522. The van der Waals surface area contributed by atoms with Crippen LogP contribution in [0.3, 0.4) is 0 Å². The molecule has 1 saturated heterocycles. The average Bonchev–Trinajstić information content (AvgIpc) is 2.53. The maximum atomic E-state index is 6.07. The first-order valence-corrected chi connectivity index (χ1v) is 8.86. The number of aliphatic imine (C=N–C) groups is 1. The van der Waals surface area contributed by atoms with Gasteiger partial charge >= 0.3 is 0 Å². The van der Waals surface area contributed by atoms with E-state index in [9.17, 15) is 0 Å². The van der Waals surface area contributed by atoms with Crippen LogP contribution in [-0.2, 0) is 0 Å². The minimum absolute atomic E-state index is 0.513. The highest BCUT2D eigenvalue weighted by molar-refractivity contribution is 5.92. The second-order valence-electron chi connectivity index (χ2n) is 7.23. The molecular formula is C19H32N4. The summed E-state index contributed by atoms with van der Waals surface area (Å²) >= 11 is 0. The first-order valence-electron chi connectivity index (χ1n) is 8.86. The number of hydrogen-bond acceptors (Lipinski definition) is 2. The van der Waals surface area contributed by atoms with Gasteiger partial charge in [0.25, 0.3) is 0 Å². The van der Waals surface area contributed by atoms with Gasteiger partial charge in [-0.3, -0.25) is 4.99 Å². The maximum absolute atomic E-state index is 6.07. The molecule has 2 rings (SSSR count). The van der Waals surface area contributed by atoms with Gasteiger partial charge in [0.2, 0.25) is 0 Å². The van der Waals surface area contributed by atoms with Gasteiger partial charge in [-0.1, -0.05) is 26.0 Å². The van der Waals surface area contributed by atoms with E-state index in [0.29, 0.717) is 23.8 Å². The van der Waals surface area contributed by atoms with Crippen LogP contribution in [0.15, 0.2) is 29.3 Å². The van der Waals surface area contributed by atoms with Crippen molar-refractivity contribution < 1.29 is 0 Å².